The molecule has 1 atom stereocenters. The topological polar surface area (TPSA) is 58.1 Å². The monoisotopic (exact) mass is 426 g/mol. The summed E-state index contributed by atoms with van der Waals surface area (Å²) in [7, 11) is 0. The molecule has 3 heterocycles. The van der Waals surface area contributed by atoms with Crippen molar-refractivity contribution in [3.63, 3.8) is 0 Å². The van der Waals surface area contributed by atoms with Crippen LogP contribution in [0.5, 0.6) is 0 Å². The van der Waals surface area contributed by atoms with Gasteiger partial charge in [0, 0.05) is 30.5 Å². The second kappa shape index (κ2) is 8.85. The maximum Gasteiger partial charge on any atom is 0.262 e. The Labute approximate surface area is 185 Å². The van der Waals surface area contributed by atoms with Gasteiger partial charge in [-0.25, -0.2) is 9.37 Å². The molecule has 2 aromatic carbocycles. The Morgan fingerprint density at radius 2 is 1.81 bits per heavy atom. The molecule has 0 unspecified atom stereocenters. The van der Waals surface area contributed by atoms with Crippen LogP contribution in [0.1, 0.15) is 23.2 Å². The molecular weight excluding hydrogens is 403 g/mol. The number of carbonyl (C=O) groups is 1. The third-order valence-electron chi connectivity index (χ3n) is 5.93. The summed E-state index contributed by atoms with van der Waals surface area (Å²) >= 11 is 0. The molecule has 0 saturated carbocycles. The van der Waals surface area contributed by atoms with Crippen LogP contribution < -0.4 is 10.2 Å². The number of carbonyl (C=O) groups excluding carboxylic acids is 1. The first-order valence-corrected chi connectivity index (χ1v) is 10.8. The molecule has 0 bridgehead atoms. The molecule has 0 aliphatic carbocycles. The second-order valence-corrected chi connectivity index (χ2v) is 8.00. The molecule has 1 aliphatic rings. The highest BCUT2D eigenvalue weighted by atomic mass is 19.1. The van der Waals surface area contributed by atoms with Gasteiger partial charge >= 0.3 is 0 Å². The molecule has 2 aromatic heterocycles. The van der Waals surface area contributed by atoms with Gasteiger partial charge in [0.2, 0.25) is 0 Å². The minimum atomic E-state index is -0.543. The number of anilines is 1. The lowest BCUT2D eigenvalue weighted by atomic mass is 10.0. The molecule has 0 radical (unpaired) electrons. The van der Waals surface area contributed by atoms with Gasteiger partial charge in [0.15, 0.2) is 0 Å². The molecular formula is C26H23FN4O. The van der Waals surface area contributed by atoms with Gasteiger partial charge in [-0.3, -0.25) is 14.7 Å². The average molecular weight is 426 g/mol. The summed E-state index contributed by atoms with van der Waals surface area (Å²) in [6.45, 7) is 1.57. The van der Waals surface area contributed by atoms with Gasteiger partial charge in [-0.1, -0.05) is 30.3 Å². The fourth-order valence-corrected chi connectivity index (χ4v) is 4.26. The Bertz CT molecular complexity index is 1260. The zero-order chi connectivity index (χ0) is 21.9. The fourth-order valence-electron chi connectivity index (χ4n) is 4.26. The van der Waals surface area contributed by atoms with Crippen LogP contribution in [0.15, 0.2) is 79.3 Å². The van der Waals surface area contributed by atoms with Crippen molar-refractivity contribution in [2.45, 2.75) is 18.9 Å². The van der Waals surface area contributed by atoms with Crippen LogP contribution in [-0.2, 0) is 0 Å². The smallest absolute Gasteiger partial charge is 0.262 e. The van der Waals surface area contributed by atoms with Crippen LogP contribution >= 0.6 is 0 Å². The third-order valence-corrected chi connectivity index (χ3v) is 5.93. The van der Waals surface area contributed by atoms with Gasteiger partial charge in [0.05, 0.1) is 11.6 Å². The standard InChI is InChI=1S/C26H23FN4O/c27-24-14-20(18-9-12-28-13-10-18)7-8-23(24)26(32)31(22-6-3-11-29-17-22)25-15-19-4-1-2-5-21(19)16-30-25/h1-2,4-5,7-10,12-16,22,29H,3,6,11,17H2/t22-/m1/s1. The third kappa shape index (κ3) is 3.97. The summed E-state index contributed by atoms with van der Waals surface area (Å²) < 4.78 is 15.2. The number of benzene rings is 2. The molecule has 32 heavy (non-hydrogen) atoms. The first kappa shape index (κ1) is 20.3. The highest BCUT2D eigenvalue weighted by Crippen LogP contribution is 2.27. The van der Waals surface area contributed by atoms with Gasteiger partial charge in [0.25, 0.3) is 5.91 Å². The number of aromatic nitrogens is 2. The van der Waals surface area contributed by atoms with Crippen LogP contribution in [0.2, 0.25) is 0 Å². The van der Waals surface area contributed by atoms with Crippen molar-refractivity contribution < 1.29 is 9.18 Å². The van der Waals surface area contributed by atoms with Gasteiger partial charge in [-0.15, -0.1) is 0 Å². The largest absolute Gasteiger partial charge is 0.315 e. The van der Waals surface area contributed by atoms with Crippen molar-refractivity contribution in [3.8, 4) is 11.1 Å². The summed E-state index contributed by atoms with van der Waals surface area (Å²) in [5.74, 6) is -0.376. The Morgan fingerprint density at radius 3 is 2.56 bits per heavy atom. The summed E-state index contributed by atoms with van der Waals surface area (Å²) in [4.78, 5) is 23.9. The van der Waals surface area contributed by atoms with Crippen LogP contribution in [0.25, 0.3) is 21.9 Å². The Hall–Kier alpha value is -3.64. The van der Waals surface area contributed by atoms with E-state index in [1.807, 2.05) is 42.5 Å². The van der Waals surface area contributed by atoms with Crippen LogP contribution in [-0.4, -0.2) is 35.0 Å². The predicted molar refractivity (Wildman–Crippen MR) is 124 cm³/mol. The van der Waals surface area contributed by atoms with Crippen molar-refractivity contribution in [1.29, 1.82) is 0 Å². The molecule has 4 aromatic rings. The van der Waals surface area contributed by atoms with Crippen molar-refractivity contribution in [1.82, 2.24) is 15.3 Å². The number of nitrogens with one attached hydrogen (secondary N) is 1. The first-order chi connectivity index (χ1) is 15.7. The van der Waals surface area contributed by atoms with Crippen molar-refractivity contribution >= 4 is 22.5 Å². The summed E-state index contributed by atoms with van der Waals surface area (Å²) in [5, 5.41) is 5.34. The number of piperidine rings is 1. The molecule has 6 heteroatoms. The molecule has 1 fully saturated rings. The van der Waals surface area contributed by atoms with E-state index in [1.165, 1.54) is 6.07 Å². The number of hydrogen-bond donors (Lipinski definition) is 1. The second-order valence-electron chi connectivity index (χ2n) is 8.00. The predicted octanol–water partition coefficient (Wildman–Crippen LogP) is 4.83. The number of fused-ring (bicyclic) bond motifs is 1. The number of pyridine rings is 2. The quantitative estimate of drug-likeness (QED) is 0.508. The van der Waals surface area contributed by atoms with E-state index in [0.29, 0.717) is 17.9 Å². The van der Waals surface area contributed by atoms with Crippen molar-refractivity contribution in [2.24, 2.45) is 0 Å². The van der Waals surface area contributed by atoms with Crippen LogP contribution in [0.3, 0.4) is 0 Å². The highest BCUT2D eigenvalue weighted by Gasteiger charge is 2.30. The van der Waals surface area contributed by atoms with Gasteiger partial charge in [-0.2, -0.15) is 0 Å². The van der Waals surface area contributed by atoms with Crippen molar-refractivity contribution in [3.05, 3.63) is 90.6 Å². The molecule has 5 rings (SSSR count). The van der Waals surface area contributed by atoms with E-state index in [4.69, 9.17) is 0 Å². The maximum atomic E-state index is 15.2. The van der Waals surface area contributed by atoms with E-state index in [9.17, 15) is 4.79 Å². The molecule has 1 aliphatic heterocycles. The maximum absolute atomic E-state index is 15.2. The van der Waals surface area contributed by atoms with Gasteiger partial charge in [0.1, 0.15) is 11.6 Å². The summed E-state index contributed by atoms with van der Waals surface area (Å²) in [6, 6.07) is 18.1. The molecule has 0 spiro atoms. The molecule has 1 amide bonds. The minimum absolute atomic E-state index is 0.0448. The highest BCUT2D eigenvalue weighted by molar-refractivity contribution is 6.07. The number of nitrogens with zero attached hydrogens (tertiary/aromatic N) is 3. The minimum Gasteiger partial charge on any atom is -0.315 e. The number of amides is 1. The Morgan fingerprint density at radius 1 is 1.00 bits per heavy atom. The SMILES string of the molecule is O=C(c1ccc(-c2ccncc2)cc1F)N(c1cc2ccccc2cn1)[C@@H]1CCCNC1. The van der Waals surface area contributed by atoms with E-state index in [1.54, 1.807) is 35.6 Å². The van der Waals surface area contributed by atoms with E-state index in [2.05, 4.69) is 15.3 Å². The van der Waals surface area contributed by atoms with Crippen LogP contribution in [0.4, 0.5) is 10.2 Å². The molecule has 1 saturated heterocycles. The first-order valence-electron chi connectivity index (χ1n) is 10.8. The summed E-state index contributed by atoms with van der Waals surface area (Å²) in [6.07, 6.45) is 6.88. The lowest BCUT2D eigenvalue weighted by Gasteiger charge is -2.34. The number of hydrogen-bond acceptors (Lipinski definition) is 4. The van der Waals surface area contributed by atoms with E-state index < -0.39 is 5.82 Å². The van der Waals surface area contributed by atoms with E-state index in [-0.39, 0.29) is 17.5 Å². The molecule has 160 valence electrons. The van der Waals surface area contributed by atoms with E-state index >= 15 is 4.39 Å². The average Bonchev–Trinajstić information content (AvgIpc) is 2.85. The van der Waals surface area contributed by atoms with E-state index in [0.717, 1.165) is 35.7 Å². The lowest BCUT2D eigenvalue weighted by Crippen LogP contribution is -2.49. The molecule has 5 nitrogen and oxygen atoms in total. The Balaban J connectivity index is 1.54. The lowest BCUT2D eigenvalue weighted by molar-refractivity contribution is 0.0967. The van der Waals surface area contributed by atoms with Gasteiger partial charge < -0.3 is 5.32 Å². The number of rotatable bonds is 4. The zero-order valence-corrected chi connectivity index (χ0v) is 17.5. The Kier molecular flexibility index (Phi) is 5.60. The zero-order valence-electron chi connectivity index (χ0n) is 17.5. The normalized spacial score (nSPS) is 16.1. The van der Waals surface area contributed by atoms with Crippen molar-refractivity contribution in [2.75, 3.05) is 18.0 Å². The van der Waals surface area contributed by atoms with Gasteiger partial charge in [-0.05, 0) is 66.2 Å². The number of halogens is 1. The van der Waals surface area contributed by atoms with Crippen LogP contribution in [0, 0.1) is 5.82 Å². The fraction of sp³-hybridized carbons (Fsp3) is 0.192. The summed E-state index contributed by atoms with van der Waals surface area (Å²) in [5.41, 5.74) is 1.60. The molecule has 1 N–H and O–H groups in total.